The molecule has 2 heterocycles. The van der Waals surface area contributed by atoms with Crippen LogP contribution in [0.25, 0.3) is 11.8 Å². The van der Waals surface area contributed by atoms with E-state index in [0.717, 1.165) is 59.8 Å². The predicted molar refractivity (Wildman–Crippen MR) is 148 cm³/mol. The fraction of sp³-hybridized carbons (Fsp3) is 0.276. The van der Waals surface area contributed by atoms with Gasteiger partial charge in [0, 0.05) is 37.2 Å². The highest BCUT2D eigenvalue weighted by atomic mass is 79.9. The lowest BCUT2D eigenvalue weighted by molar-refractivity contribution is 0.113. The summed E-state index contributed by atoms with van der Waals surface area (Å²) in [7, 11) is 0. The predicted octanol–water partition coefficient (Wildman–Crippen LogP) is 5.46. The standard InChI is InChI=1S/C29H31BrN6/c1-22-8-6-9-23(2)27(22)36-29(31-32-33-36)28(25-13-15-26(30)16-14-25)35-20-18-34(19-21-35)17-7-12-24-10-4-3-5-11-24/h3-16,28H,17-21H2,1-2H3/t28-/m1/s1. The summed E-state index contributed by atoms with van der Waals surface area (Å²) in [5.74, 6) is 0.854. The van der Waals surface area contributed by atoms with E-state index in [9.17, 15) is 0 Å². The summed E-state index contributed by atoms with van der Waals surface area (Å²) in [6.45, 7) is 9.06. The van der Waals surface area contributed by atoms with E-state index in [1.807, 2.05) is 4.68 Å². The van der Waals surface area contributed by atoms with Crippen molar-refractivity contribution in [3.63, 3.8) is 0 Å². The van der Waals surface area contributed by atoms with Crippen LogP contribution in [0.15, 0.2) is 83.3 Å². The third-order valence-electron chi connectivity index (χ3n) is 6.82. The first-order chi connectivity index (χ1) is 17.6. The van der Waals surface area contributed by atoms with Crippen molar-refractivity contribution >= 4 is 22.0 Å². The topological polar surface area (TPSA) is 50.1 Å². The lowest BCUT2D eigenvalue weighted by Crippen LogP contribution is -2.48. The molecule has 4 aromatic rings. The number of rotatable bonds is 7. The van der Waals surface area contributed by atoms with E-state index < -0.39 is 0 Å². The van der Waals surface area contributed by atoms with Crippen molar-refractivity contribution < 1.29 is 0 Å². The van der Waals surface area contributed by atoms with Crippen LogP contribution in [0, 0.1) is 13.8 Å². The molecule has 0 amide bonds. The monoisotopic (exact) mass is 542 g/mol. The zero-order valence-electron chi connectivity index (χ0n) is 20.8. The van der Waals surface area contributed by atoms with Crippen LogP contribution in [0.3, 0.4) is 0 Å². The van der Waals surface area contributed by atoms with Gasteiger partial charge in [0.05, 0.1) is 11.7 Å². The molecule has 3 aromatic carbocycles. The van der Waals surface area contributed by atoms with Crippen molar-refractivity contribution in [2.24, 2.45) is 0 Å². The van der Waals surface area contributed by atoms with Gasteiger partial charge in [-0.1, -0.05) is 88.7 Å². The number of halogens is 1. The van der Waals surface area contributed by atoms with Gasteiger partial charge in [0.15, 0.2) is 5.82 Å². The number of benzene rings is 3. The highest BCUT2D eigenvalue weighted by molar-refractivity contribution is 9.10. The van der Waals surface area contributed by atoms with Crippen molar-refractivity contribution in [1.82, 2.24) is 30.0 Å². The SMILES string of the molecule is Cc1cccc(C)c1-n1nnnc1[C@@H](c1ccc(Br)cc1)N1CCN(CC=Cc2ccccc2)CC1. The van der Waals surface area contributed by atoms with Crippen LogP contribution in [0.5, 0.6) is 0 Å². The van der Waals surface area contributed by atoms with Gasteiger partial charge in [-0.05, 0) is 58.7 Å². The Hall–Kier alpha value is -3.13. The van der Waals surface area contributed by atoms with E-state index in [4.69, 9.17) is 0 Å². The summed E-state index contributed by atoms with van der Waals surface area (Å²) >= 11 is 3.59. The van der Waals surface area contributed by atoms with E-state index in [-0.39, 0.29) is 6.04 Å². The molecule has 0 aliphatic carbocycles. The number of nitrogens with zero attached hydrogens (tertiary/aromatic N) is 6. The summed E-state index contributed by atoms with van der Waals surface area (Å²) in [5.41, 5.74) is 5.81. The summed E-state index contributed by atoms with van der Waals surface area (Å²) in [6, 6.07) is 25.3. The van der Waals surface area contributed by atoms with E-state index >= 15 is 0 Å². The molecule has 6 nitrogen and oxygen atoms in total. The fourth-order valence-corrected chi connectivity index (χ4v) is 5.20. The third-order valence-corrected chi connectivity index (χ3v) is 7.35. The van der Waals surface area contributed by atoms with Gasteiger partial charge in [-0.25, -0.2) is 0 Å². The molecule has 36 heavy (non-hydrogen) atoms. The van der Waals surface area contributed by atoms with Crippen molar-refractivity contribution in [2.45, 2.75) is 19.9 Å². The van der Waals surface area contributed by atoms with E-state index in [1.54, 1.807) is 0 Å². The smallest absolute Gasteiger partial charge is 0.178 e. The second-order valence-electron chi connectivity index (χ2n) is 9.29. The van der Waals surface area contributed by atoms with Crippen molar-refractivity contribution in [3.8, 4) is 5.69 Å². The Morgan fingerprint density at radius 1 is 0.861 bits per heavy atom. The van der Waals surface area contributed by atoms with Gasteiger partial charge in [0.2, 0.25) is 0 Å². The minimum atomic E-state index is -0.0332. The molecule has 1 atom stereocenters. The average Bonchev–Trinajstić information content (AvgIpc) is 3.36. The highest BCUT2D eigenvalue weighted by Gasteiger charge is 2.31. The van der Waals surface area contributed by atoms with E-state index in [1.165, 1.54) is 11.1 Å². The van der Waals surface area contributed by atoms with Crippen LogP contribution >= 0.6 is 15.9 Å². The number of hydrogen-bond acceptors (Lipinski definition) is 5. The summed E-state index contributed by atoms with van der Waals surface area (Å²) in [5, 5.41) is 13.2. The summed E-state index contributed by atoms with van der Waals surface area (Å²) < 4.78 is 3.00. The maximum absolute atomic E-state index is 4.58. The molecule has 1 fully saturated rings. The molecule has 5 rings (SSSR count). The van der Waals surface area contributed by atoms with Gasteiger partial charge < -0.3 is 0 Å². The molecule has 0 N–H and O–H groups in total. The normalized spacial score (nSPS) is 16.0. The Bertz CT molecular complexity index is 1290. The molecule has 1 aliphatic rings. The Morgan fingerprint density at radius 2 is 1.56 bits per heavy atom. The molecule has 0 spiro atoms. The van der Waals surface area contributed by atoms with Crippen LogP contribution in [0.2, 0.25) is 0 Å². The Balaban J connectivity index is 1.39. The molecule has 0 radical (unpaired) electrons. The van der Waals surface area contributed by atoms with Crippen LogP contribution in [0.1, 0.15) is 34.1 Å². The van der Waals surface area contributed by atoms with E-state index in [0.29, 0.717) is 0 Å². The molecule has 1 saturated heterocycles. The molecule has 1 aliphatic heterocycles. The second-order valence-corrected chi connectivity index (χ2v) is 10.2. The number of piperazine rings is 1. The van der Waals surface area contributed by atoms with Gasteiger partial charge in [-0.2, -0.15) is 4.68 Å². The van der Waals surface area contributed by atoms with Crippen molar-refractivity contribution in [2.75, 3.05) is 32.7 Å². The highest BCUT2D eigenvalue weighted by Crippen LogP contribution is 2.31. The lowest BCUT2D eigenvalue weighted by Gasteiger charge is -2.38. The van der Waals surface area contributed by atoms with Crippen LogP contribution < -0.4 is 0 Å². The van der Waals surface area contributed by atoms with Gasteiger partial charge >= 0.3 is 0 Å². The molecular weight excluding hydrogens is 512 g/mol. The second kappa shape index (κ2) is 11.3. The van der Waals surface area contributed by atoms with Crippen LogP contribution in [-0.2, 0) is 0 Å². The minimum absolute atomic E-state index is 0.0332. The Kier molecular flexibility index (Phi) is 7.70. The fourth-order valence-electron chi connectivity index (χ4n) is 4.94. The number of aromatic nitrogens is 4. The largest absolute Gasteiger partial charge is 0.297 e. The van der Waals surface area contributed by atoms with Crippen molar-refractivity contribution in [3.05, 3.63) is 111 Å². The van der Waals surface area contributed by atoms with Crippen LogP contribution in [-0.4, -0.2) is 62.7 Å². The van der Waals surface area contributed by atoms with E-state index in [2.05, 4.69) is 140 Å². The summed E-state index contributed by atoms with van der Waals surface area (Å²) in [6.07, 6.45) is 4.47. The first-order valence-electron chi connectivity index (χ1n) is 12.4. The van der Waals surface area contributed by atoms with Crippen LogP contribution in [0.4, 0.5) is 0 Å². The minimum Gasteiger partial charge on any atom is -0.297 e. The number of aryl methyl sites for hydroxylation is 2. The Morgan fingerprint density at radius 3 is 2.25 bits per heavy atom. The quantitative estimate of drug-likeness (QED) is 0.310. The molecule has 1 aromatic heterocycles. The number of hydrogen-bond donors (Lipinski definition) is 0. The average molecular weight is 544 g/mol. The number of tetrazole rings is 1. The molecular formula is C29H31BrN6. The van der Waals surface area contributed by atoms with Gasteiger partial charge in [0.25, 0.3) is 0 Å². The maximum Gasteiger partial charge on any atom is 0.178 e. The van der Waals surface area contributed by atoms with Gasteiger partial charge in [-0.15, -0.1) is 5.10 Å². The molecule has 0 bridgehead atoms. The number of para-hydroxylation sites is 1. The zero-order valence-corrected chi connectivity index (χ0v) is 22.3. The molecule has 0 saturated carbocycles. The first kappa shape index (κ1) is 24.6. The Labute approximate surface area is 221 Å². The van der Waals surface area contributed by atoms with Gasteiger partial charge in [0.1, 0.15) is 0 Å². The lowest BCUT2D eigenvalue weighted by atomic mass is 10.0. The third kappa shape index (κ3) is 5.48. The molecule has 184 valence electrons. The molecule has 0 unspecified atom stereocenters. The zero-order chi connectivity index (χ0) is 24.9. The van der Waals surface area contributed by atoms with Gasteiger partial charge in [-0.3, -0.25) is 9.80 Å². The molecule has 7 heteroatoms. The van der Waals surface area contributed by atoms with Crippen molar-refractivity contribution in [1.29, 1.82) is 0 Å². The summed E-state index contributed by atoms with van der Waals surface area (Å²) in [4.78, 5) is 5.01. The maximum atomic E-state index is 4.58. The first-order valence-corrected chi connectivity index (χ1v) is 13.2.